The van der Waals surface area contributed by atoms with Crippen molar-refractivity contribution in [1.82, 2.24) is 0 Å². The summed E-state index contributed by atoms with van der Waals surface area (Å²) in [7, 11) is 0. The van der Waals surface area contributed by atoms with Gasteiger partial charge in [0.05, 0.1) is 4.92 Å². The molecular weight excluding hydrogens is 258 g/mol. The van der Waals surface area contributed by atoms with Gasteiger partial charge in [0.15, 0.2) is 0 Å². The molecule has 0 atom stereocenters. The molecule has 0 amide bonds. The molecule has 0 unspecified atom stereocenters. The molecule has 7 heteroatoms. The number of allylic oxidation sites excluding steroid dienone is 1. The summed E-state index contributed by atoms with van der Waals surface area (Å²) in [4.78, 5) is 10.5. The van der Waals surface area contributed by atoms with Crippen molar-refractivity contribution in [1.29, 1.82) is 10.5 Å². The van der Waals surface area contributed by atoms with Gasteiger partial charge in [-0.05, 0) is 12.1 Å². The normalized spacial score (nSPS) is 8.70. The van der Waals surface area contributed by atoms with Crippen molar-refractivity contribution in [3.05, 3.63) is 52.7 Å². The lowest BCUT2D eigenvalue weighted by molar-refractivity contribution is -0.383. The summed E-state index contributed by atoms with van der Waals surface area (Å²) in [5, 5.41) is 33.7. The van der Waals surface area contributed by atoms with Crippen LogP contribution < -0.4 is 10.6 Å². The van der Waals surface area contributed by atoms with Crippen LogP contribution in [0, 0.1) is 32.8 Å². The van der Waals surface area contributed by atoms with E-state index < -0.39 is 4.92 Å². The Morgan fingerprint density at radius 2 is 2.15 bits per heavy atom. The Hall–Kier alpha value is -3.32. The molecule has 0 saturated carbocycles. The van der Waals surface area contributed by atoms with Crippen molar-refractivity contribution in [2.45, 2.75) is 0 Å². The summed E-state index contributed by atoms with van der Waals surface area (Å²) in [6, 6.07) is 7.81. The summed E-state index contributed by atoms with van der Waals surface area (Å²) in [5.41, 5.74) is 0.538. The highest BCUT2D eigenvalue weighted by Crippen LogP contribution is 2.27. The van der Waals surface area contributed by atoms with Gasteiger partial charge in [-0.25, -0.2) is 0 Å². The number of rotatable bonds is 6. The standard InChI is InChI=1S/C13H11N5O2/c1-2-5-16-12-4-3-11(6-13(12)18(19)20)17-9-10(7-14)8-15/h2-4,6,9,16-17H,1,5H2. The Bertz CT molecular complexity index is 621. The van der Waals surface area contributed by atoms with Gasteiger partial charge in [0.25, 0.3) is 5.69 Å². The molecule has 0 aliphatic heterocycles. The Morgan fingerprint density at radius 3 is 2.70 bits per heavy atom. The molecule has 100 valence electrons. The van der Waals surface area contributed by atoms with E-state index in [1.165, 1.54) is 18.3 Å². The Morgan fingerprint density at radius 1 is 1.45 bits per heavy atom. The van der Waals surface area contributed by atoms with Crippen molar-refractivity contribution in [3.63, 3.8) is 0 Å². The number of nitro groups is 1. The molecule has 0 radical (unpaired) electrons. The largest absolute Gasteiger partial charge is 0.376 e. The summed E-state index contributed by atoms with van der Waals surface area (Å²) < 4.78 is 0. The van der Waals surface area contributed by atoms with Crippen LogP contribution in [0.2, 0.25) is 0 Å². The lowest BCUT2D eigenvalue weighted by Crippen LogP contribution is -2.02. The lowest BCUT2D eigenvalue weighted by Gasteiger charge is -2.07. The molecule has 0 saturated heterocycles. The van der Waals surface area contributed by atoms with Gasteiger partial charge >= 0.3 is 0 Å². The van der Waals surface area contributed by atoms with Gasteiger partial charge in [0.2, 0.25) is 0 Å². The summed E-state index contributed by atoms with van der Waals surface area (Å²) >= 11 is 0. The highest BCUT2D eigenvalue weighted by molar-refractivity contribution is 5.68. The van der Waals surface area contributed by atoms with E-state index in [9.17, 15) is 10.1 Å². The van der Waals surface area contributed by atoms with Crippen LogP contribution in [0.25, 0.3) is 0 Å². The zero-order valence-electron chi connectivity index (χ0n) is 10.5. The maximum atomic E-state index is 11.0. The highest BCUT2D eigenvalue weighted by Gasteiger charge is 2.13. The van der Waals surface area contributed by atoms with E-state index in [0.717, 1.165) is 0 Å². The van der Waals surface area contributed by atoms with E-state index in [2.05, 4.69) is 17.2 Å². The SMILES string of the molecule is C=CCNc1ccc(NC=C(C#N)C#N)cc1[N+](=O)[O-]. The van der Waals surface area contributed by atoms with Crippen molar-refractivity contribution >= 4 is 17.1 Å². The van der Waals surface area contributed by atoms with E-state index in [0.29, 0.717) is 17.9 Å². The lowest BCUT2D eigenvalue weighted by atomic mass is 10.2. The molecule has 0 bridgehead atoms. The van der Waals surface area contributed by atoms with Crippen molar-refractivity contribution in [2.75, 3.05) is 17.2 Å². The number of benzene rings is 1. The van der Waals surface area contributed by atoms with Gasteiger partial charge in [-0.1, -0.05) is 6.08 Å². The molecule has 0 aliphatic rings. The number of anilines is 2. The molecule has 0 aromatic heterocycles. The van der Waals surface area contributed by atoms with Crippen molar-refractivity contribution in [2.24, 2.45) is 0 Å². The fourth-order valence-electron chi connectivity index (χ4n) is 1.35. The van der Waals surface area contributed by atoms with Gasteiger partial charge in [-0.2, -0.15) is 10.5 Å². The number of nitriles is 2. The van der Waals surface area contributed by atoms with E-state index >= 15 is 0 Å². The van der Waals surface area contributed by atoms with Gasteiger partial charge < -0.3 is 10.6 Å². The van der Waals surface area contributed by atoms with Crippen LogP contribution in [0.15, 0.2) is 42.6 Å². The first-order valence-corrected chi connectivity index (χ1v) is 5.52. The number of hydrogen-bond donors (Lipinski definition) is 2. The van der Waals surface area contributed by atoms with Gasteiger partial charge in [-0.15, -0.1) is 6.58 Å². The molecular formula is C13H11N5O2. The topological polar surface area (TPSA) is 115 Å². The average molecular weight is 269 g/mol. The molecule has 1 aromatic carbocycles. The molecule has 1 rings (SSSR count). The number of hydrogen-bond acceptors (Lipinski definition) is 6. The number of nitro benzene ring substituents is 1. The molecule has 0 fully saturated rings. The maximum absolute atomic E-state index is 11.0. The molecule has 2 N–H and O–H groups in total. The van der Waals surface area contributed by atoms with Gasteiger partial charge in [-0.3, -0.25) is 10.1 Å². The summed E-state index contributed by atoms with van der Waals surface area (Å²) in [6.45, 7) is 3.93. The molecule has 0 spiro atoms. The number of nitrogens with one attached hydrogen (secondary N) is 2. The third-order valence-electron chi connectivity index (χ3n) is 2.26. The van der Waals surface area contributed by atoms with E-state index in [1.54, 1.807) is 24.3 Å². The van der Waals surface area contributed by atoms with E-state index in [1.807, 2.05) is 0 Å². The smallest absolute Gasteiger partial charge is 0.294 e. The minimum atomic E-state index is -0.518. The van der Waals surface area contributed by atoms with Crippen LogP contribution >= 0.6 is 0 Å². The highest BCUT2D eigenvalue weighted by atomic mass is 16.6. The van der Waals surface area contributed by atoms with Crippen LogP contribution in [0.4, 0.5) is 17.1 Å². The fourth-order valence-corrected chi connectivity index (χ4v) is 1.35. The first-order valence-electron chi connectivity index (χ1n) is 5.52. The van der Waals surface area contributed by atoms with Crippen LogP contribution in [-0.2, 0) is 0 Å². The monoisotopic (exact) mass is 269 g/mol. The summed E-state index contributed by atoms with van der Waals surface area (Å²) in [5.74, 6) is 0. The third-order valence-corrected chi connectivity index (χ3v) is 2.26. The van der Waals surface area contributed by atoms with Gasteiger partial charge in [0, 0.05) is 24.5 Å². The van der Waals surface area contributed by atoms with E-state index in [4.69, 9.17) is 10.5 Å². The number of nitrogens with zero attached hydrogens (tertiary/aromatic N) is 3. The molecule has 0 aliphatic carbocycles. The minimum Gasteiger partial charge on any atom is -0.376 e. The minimum absolute atomic E-state index is 0.110. The quantitative estimate of drug-likeness (QED) is 0.355. The van der Waals surface area contributed by atoms with Crippen molar-refractivity contribution in [3.8, 4) is 12.1 Å². The van der Waals surface area contributed by atoms with Crippen LogP contribution in [0.1, 0.15) is 0 Å². The molecule has 1 aromatic rings. The van der Waals surface area contributed by atoms with E-state index in [-0.39, 0.29) is 11.3 Å². The first kappa shape index (κ1) is 14.7. The zero-order chi connectivity index (χ0) is 15.0. The maximum Gasteiger partial charge on any atom is 0.294 e. The van der Waals surface area contributed by atoms with Crippen LogP contribution in [0.5, 0.6) is 0 Å². The molecule has 7 nitrogen and oxygen atoms in total. The Balaban J connectivity index is 3.02. The first-order chi connectivity index (χ1) is 9.62. The predicted octanol–water partition coefficient (Wildman–Crippen LogP) is 2.54. The average Bonchev–Trinajstić information content (AvgIpc) is 2.46. The molecule has 20 heavy (non-hydrogen) atoms. The second kappa shape index (κ2) is 7.19. The second-order valence-electron chi connectivity index (χ2n) is 3.58. The van der Waals surface area contributed by atoms with Gasteiger partial charge in [0.1, 0.15) is 23.4 Å². The summed E-state index contributed by atoms with van der Waals surface area (Å²) in [6.07, 6.45) is 2.78. The van der Waals surface area contributed by atoms with Crippen molar-refractivity contribution < 1.29 is 4.92 Å². The van der Waals surface area contributed by atoms with Crippen LogP contribution in [-0.4, -0.2) is 11.5 Å². The zero-order valence-corrected chi connectivity index (χ0v) is 10.5. The Labute approximate surface area is 115 Å². The second-order valence-corrected chi connectivity index (χ2v) is 3.58. The fraction of sp³-hybridized carbons (Fsp3) is 0.0769. The third kappa shape index (κ3) is 3.86. The van der Waals surface area contributed by atoms with Crippen LogP contribution in [0.3, 0.4) is 0 Å². The molecule has 0 heterocycles. The Kier molecular flexibility index (Phi) is 5.30. The predicted molar refractivity (Wildman–Crippen MR) is 74.7 cm³/mol.